The van der Waals surface area contributed by atoms with Crippen LogP contribution in [0.5, 0.6) is 0 Å². The topological polar surface area (TPSA) is 92.4 Å². The van der Waals surface area contributed by atoms with Crippen LogP contribution >= 0.6 is 11.6 Å². The first-order valence-corrected chi connectivity index (χ1v) is 6.89. The maximum absolute atomic E-state index is 12.0. The molecule has 1 amide bonds. The van der Waals surface area contributed by atoms with Gasteiger partial charge in [-0.2, -0.15) is 0 Å². The van der Waals surface area contributed by atoms with Gasteiger partial charge in [0.25, 0.3) is 0 Å². The van der Waals surface area contributed by atoms with E-state index in [0.717, 1.165) is 25.7 Å². The maximum atomic E-state index is 12.0. The zero-order chi connectivity index (χ0) is 14.8. The molecule has 0 spiro atoms. The summed E-state index contributed by atoms with van der Waals surface area (Å²) in [6, 6.07) is 4.27. The number of amides is 1. The van der Waals surface area contributed by atoms with Crippen LogP contribution < -0.4 is 11.1 Å². The number of hydrogen-bond donors (Lipinski definition) is 3. The van der Waals surface area contributed by atoms with Gasteiger partial charge in [-0.1, -0.05) is 24.4 Å². The lowest BCUT2D eigenvalue weighted by molar-refractivity contribution is -0.117. The van der Waals surface area contributed by atoms with Gasteiger partial charge in [0.2, 0.25) is 5.91 Å². The zero-order valence-corrected chi connectivity index (χ0v) is 11.7. The van der Waals surface area contributed by atoms with Crippen LogP contribution in [-0.2, 0) is 4.79 Å². The summed E-state index contributed by atoms with van der Waals surface area (Å²) in [5.41, 5.74) is 5.89. The molecule has 0 unspecified atom stereocenters. The minimum absolute atomic E-state index is 0.0141. The molecule has 1 aromatic carbocycles. The molecule has 4 N–H and O–H groups in total. The Labute approximate surface area is 122 Å². The van der Waals surface area contributed by atoms with Crippen LogP contribution in [0, 0.1) is 0 Å². The van der Waals surface area contributed by atoms with E-state index in [1.165, 1.54) is 18.2 Å². The average Bonchev–Trinajstić information content (AvgIpc) is 2.74. The standard InChI is InChI=1S/C14H17ClN2O3/c15-9-3-4-10(13(19)20)11(7-9)17-12(18)8-14(16)5-1-2-6-14/h3-4,7H,1-2,5-6,8,16H2,(H,17,18)(H,19,20). The van der Waals surface area contributed by atoms with Crippen LogP contribution in [0.2, 0.25) is 5.02 Å². The van der Waals surface area contributed by atoms with Gasteiger partial charge in [0, 0.05) is 17.0 Å². The molecule has 5 nitrogen and oxygen atoms in total. The van der Waals surface area contributed by atoms with Crippen LogP contribution in [0.4, 0.5) is 5.69 Å². The number of carbonyl (C=O) groups is 2. The van der Waals surface area contributed by atoms with Crippen LogP contribution in [-0.4, -0.2) is 22.5 Å². The van der Waals surface area contributed by atoms with Crippen molar-refractivity contribution in [2.75, 3.05) is 5.32 Å². The fraction of sp³-hybridized carbons (Fsp3) is 0.429. The van der Waals surface area contributed by atoms with Crippen LogP contribution in [0.25, 0.3) is 0 Å². The van der Waals surface area contributed by atoms with Crippen LogP contribution in [0.3, 0.4) is 0 Å². The van der Waals surface area contributed by atoms with E-state index in [1.54, 1.807) is 0 Å². The number of nitrogens with two attached hydrogens (primary N) is 1. The number of carboxylic acid groups (broad SMARTS) is 1. The summed E-state index contributed by atoms with van der Waals surface area (Å²) in [4.78, 5) is 23.1. The first kappa shape index (κ1) is 14.8. The smallest absolute Gasteiger partial charge is 0.337 e. The van der Waals surface area contributed by atoms with E-state index in [4.69, 9.17) is 22.4 Å². The number of nitrogens with one attached hydrogen (secondary N) is 1. The highest BCUT2D eigenvalue weighted by Gasteiger charge is 2.31. The number of carbonyl (C=O) groups excluding carboxylic acids is 1. The van der Waals surface area contributed by atoms with E-state index >= 15 is 0 Å². The highest BCUT2D eigenvalue weighted by molar-refractivity contribution is 6.31. The first-order valence-electron chi connectivity index (χ1n) is 6.51. The minimum atomic E-state index is -1.11. The number of halogens is 1. The van der Waals surface area contributed by atoms with Gasteiger partial charge in [-0.15, -0.1) is 0 Å². The summed E-state index contributed by atoms with van der Waals surface area (Å²) in [6.07, 6.45) is 3.89. The SMILES string of the molecule is NC1(CC(=O)Nc2cc(Cl)ccc2C(=O)O)CCCC1. The fourth-order valence-corrected chi connectivity index (χ4v) is 2.75. The Balaban J connectivity index is 2.11. The molecular weight excluding hydrogens is 280 g/mol. The van der Waals surface area contributed by atoms with Crippen LogP contribution in [0.15, 0.2) is 18.2 Å². The van der Waals surface area contributed by atoms with Crippen molar-refractivity contribution in [1.29, 1.82) is 0 Å². The van der Waals surface area contributed by atoms with Crippen molar-refractivity contribution in [3.63, 3.8) is 0 Å². The van der Waals surface area contributed by atoms with E-state index in [2.05, 4.69) is 5.32 Å². The molecule has 0 bridgehead atoms. The van der Waals surface area contributed by atoms with Crippen molar-refractivity contribution in [3.8, 4) is 0 Å². The van der Waals surface area contributed by atoms with Crippen LogP contribution in [0.1, 0.15) is 42.5 Å². The third kappa shape index (κ3) is 3.49. The second-order valence-electron chi connectivity index (χ2n) is 5.29. The number of aromatic carboxylic acids is 1. The molecule has 20 heavy (non-hydrogen) atoms. The highest BCUT2D eigenvalue weighted by atomic mass is 35.5. The van der Waals surface area contributed by atoms with Gasteiger partial charge in [-0.3, -0.25) is 4.79 Å². The molecule has 1 saturated carbocycles. The van der Waals surface area contributed by atoms with Gasteiger partial charge in [-0.05, 0) is 31.0 Å². The zero-order valence-electron chi connectivity index (χ0n) is 11.0. The molecule has 0 heterocycles. The minimum Gasteiger partial charge on any atom is -0.478 e. The number of benzene rings is 1. The van der Waals surface area contributed by atoms with Crippen molar-refractivity contribution in [1.82, 2.24) is 0 Å². The summed E-state index contributed by atoms with van der Waals surface area (Å²) < 4.78 is 0. The van der Waals surface area contributed by atoms with Gasteiger partial charge >= 0.3 is 5.97 Å². The van der Waals surface area contributed by atoms with E-state index < -0.39 is 11.5 Å². The molecule has 0 aliphatic heterocycles. The highest BCUT2D eigenvalue weighted by Crippen LogP contribution is 2.30. The summed E-state index contributed by atoms with van der Waals surface area (Å²) >= 11 is 5.83. The lowest BCUT2D eigenvalue weighted by atomic mass is 9.94. The monoisotopic (exact) mass is 296 g/mol. The van der Waals surface area contributed by atoms with Gasteiger partial charge in [0.1, 0.15) is 0 Å². The Kier molecular flexibility index (Phi) is 4.30. The average molecular weight is 297 g/mol. The number of rotatable bonds is 4. The normalized spacial score (nSPS) is 16.9. The van der Waals surface area contributed by atoms with Gasteiger partial charge < -0.3 is 16.2 Å². The van der Waals surface area contributed by atoms with Crippen molar-refractivity contribution < 1.29 is 14.7 Å². The Morgan fingerprint density at radius 3 is 2.60 bits per heavy atom. The summed E-state index contributed by atoms with van der Waals surface area (Å²) in [5, 5.41) is 12.1. The summed E-state index contributed by atoms with van der Waals surface area (Å²) in [6.45, 7) is 0. The largest absolute Gasteiger partial charge is 0.478 e. The second-order valence-corrected chi connectivity index (χ2v) is 5.73. The quantitative estimate of drug-likeness (QED) is 0.796. The molecule has 1 aromatic rings. The lowest BCUT2D eigenvalue weighted by Crippen LogP contribution is -2.40. The van der Waals surface area contributed by atoms with Gasteiger partial charge in [0.05, 0.1) is 11.3 Å². The first-order chi connectivity index (χ1) is 9.39. The fourth-order valence-electron chi connectivity index (χ4n) is 2.58. The second kappa shape index (κ2) is 5.81. The molecule has 0 radical (unpaired) electrons. The Bertz CT molecular complexity index is 539. The summed E-state index contributed by atoms with van der Waals surface area (Å²) in [7, 11) is 0. The third-order valence-corrected chi connectivity index (χ3v) is 3.83. The predicted octanol–water partition coefficient (Wildman–Crippen LogP) is 2.64. The van der Waals surface area contributed by atoms with Crippen molar-refractivity contribution in [2.45, 2.75) is 37.6 Å². The van der Waals surface area contributed by atoms with Crippen molar-refractivity contribution >= 4 is 29.2 Å². The molecule has 0 saturated heterocycles. The summed E-state index contributed by atoms with van der Waals surface area (Å²) in [5.74, 6) is -1.39. The van der Waals surface area contributed by atoms with Crippen molar-refractivity contribution in [3.05, 3.63) is 28.8 Å². The molecule has 1 fully saturated rings. The molecule has 0 atom stereocenters. The molecule has 0 aromatic heterocycles. The molecule has 2 rings (SSSR count). The molecule has 1 aliphatic carbocycles. The molecule has 1 aliphatic rings. The molecule has 6 heteroatoms. The van der Waals surface area contributed by atoms with Gasteiger partial charge in [-0.25, -0.2) is 4.79 Å². The number of anilines is 1. The predicted molar refractivity (Wildman–Crippen MR) is 77.0 cm³/mol. The maximum Gasteiger partial charge on any atom is 0.337 e. The van der Waals surface area contributed by atoms with Gasteiger partial charge in [0.15, 0.2) is 0 Å². The van der Waals surface area contributed by atoms with Crippen molar-refractivity contribution in [2.24, 2.45) is 5.73 Å². The Morgan fingerprint density at radius 1 is 1.35 bits per heavy atom. The number of carboxylic acids is 1. The van der Waals surface area contributed by atoms with E-state index in [-0.39, 0.29) is 23.6 Å². The Morgan fingerprint density at radius 2 is 2.00 bits per heavy atom. The van der Waals surface area contributed by atoms with E-state index in [1.807, 2.05) is 0 Å². The number of hydrogen-bond acceptors (Lipinski definition) is 3. The van der Waals surface area contributed by atoms with E-state index in [9.17, 15) is 9.59 Å². The third-order valence-electron chi connectivity index (χ3n) is 3.60. The van der Waals surface area contributed by atoms with E-state index in [0.29, 0.717) is 5.02 Å². The lowest BCUT2D eigenvalue weighted by Gasteiger charge is -2.22. The molecular formula is C14H17ClN2O3. The molecule has 108 valence electrons. The Hall–Kier alpha value is -1.59.